The number of aryl methyl sites for hydroxylation is 1. The number of hydrogen-bond donors (Lipinski definition) is 2. The van der Waals surface area contributed by atoms with Crippen molar-refractivity contribution >= 4 is 11.6 Å². The second-order valence-electron chi connectivity index (χ2n) is 2.78. The van der Waals surface area contributed by atoms with Crippen LogP contribution < -0.4 is 11.1 Å². The van der Waals surface area contributed by atoms with E-state index in [0.29, 0.717) is 18.7 Å². The lowest BCUT2D eigenvalue weighted by Crippen LogP contribution is -2.16. The number of nitrogens with one attached hydrogen (secondary N) is 1. The second-order valence-corrected chi connectivity index (χ2v) is 2.78. The molecule has 1 aromatic rings. The third kappa shape index (κ3) is 3.21. The van der Waals surface area contributed by atoms with E-state index in [1.165, 1.54) is 0 Å². The maximum Gasteiger partial charge on any atom is 0.225 e. The standard InChI is InChI=1S/C9H13N3O/c1-7-2-3-8(6-11-7)12-9(13)4-5-10/h2-3,6H,4-5,10H2,1H3,(H,12,13). The van der Waals surface area contributed by atoms with E-state index in [-0.39, 0.29) is 5.91 Å². The fraction of sp³-hybridized carbons (Fsp3) is 0.333. The minimum Gasteiger partial charge on any atom is -0.330 e. The summed E-state index contributed by atoms with van der Waals surface area (Å²) in [5, 5.41) is 2.69. The van der Waals surface area contributed by atoms with Crippen molar-refractivity contribution in [2.24, 2.45) is 5.73 Å². The molecule has 0 atom stereocenters. The SMILES string of the molecule is Cc1ccc(NC(=O)CCN)cn1. The lowest BCUT2D eigenvalue weighted by molar-refractivity contribution is -0.116. The highest BCUT2D eigenvalue weighted by Crippen LogP contribution is 2.05. The maximum absolute atomic E-state index is 11.1. The molecule has 0 radical (unpaired) electrons. The highest BCUT2D eigenvalue weighted by Gasteiger charge is 1.99. The predicted molar refractivity (Wildman–Crippen MR) is 51.3 cm³/mol. The molecule has 0 spiro atoms. The Labute approximate surface area is 77.2 Å². The van der Waals surface area contributed by atoms with Crippen LogP contribution in [0, 0.1) is 6.92 Å². The third-order valence-electron chi connectivity index (χ3n) is 1.57. The topological polar surface area (TPSA) is 68.0 Å². The van der Waals surface area contributed by atoms with Crippen molar-refractivity contribution in [2.75, 3.05) is 11.9 Å². The Hall–Kier alpha value is -1.42. The molecule has 0 fully saturated rings. The Morgan fingerprint density at radius 3 is 2.92 bits per heavy atom. The minimum absolute atomic E-state index is 0.0758. The number of carbonyl (C=O) groups excluding carboxylic acids is 1. The lowest BCUT2D eigenvalue weighted by Gasteiger charge is -2.03. The van der Waals surface area contributed by atoms with E-state index in [1.807, 2.05) is 19.1 Å². The van der Waals surface area contributed by atoms with Crippen LogP contribution in [0.3, 0.4) is 0 Å². The van der Waals surface area contributed by atoms with Crippen LogP contribution in [0.2, 0.25) is 0 Å². The molecule has 0 aliphatic carbocycles. The van der Waals surface area contributed by atoms with Crippen molar-refractivity contribution in [1.82, 2.24) is 4.98 Å². The number of hydrogen-bond acceptors (Lipinski definition) is 3. The van der Waals surface area contributed by atoms with Gasteiger partial charge < -0.3 is 11.1 Å². The molecule has 0 unspecified atom stereocenters. The Morgan fingerprint density at radius 1 is 1.62 bits per heavy atom. The molecular formula is C9H13N3O. The van der Waals surface area contributed by atoms with E-state index in [0.717, 1.165) is 5.69 Å². The van der Waals surface area contributed by atoms with E-state index in [2.05, 4.69) is 10.3 Å². The Bertz CT molecular complexity index is 281. The summed E-state index contributed by atoms with van der Waals surface area (Å²) in [4.78, 5) is 15.1. The number of pyridine rings is 1. The zero-order valence-corrected chi connectivity index (χ0v) is 7.58. The highest BCUT2D eigenvalue weighted by molar-refractivity contribution is 5.90. The van der Waals surface area contributed by atoms with E-state index in [1.54, 1.807) is 6.20 Å². The molecule has 1 aromatic heterocycles. The van der Waals surface area contributed by atoms with Gasteiger partial charge in [0.1, 0.15) is 0 Å². The Morgan fingerprint density at radius 2 is 2.38 bits per heavy atom. The first kappa shape index (κ1) is 9.67. The quantitative estimate of drug-likeness (QED) is 0.716. The van der Waals surface area contributed by atoms with Gasteiger partial charge in [0.05, 0.1) is 11.9 Å². The number of rotatable bonds is 3. The number of aromatic nitrogens is 1. The zero-order chi connectivity index (χ0) is 9.68. The minimum atomic E-state index is -0.0758. The Kier molecular flexibility index (Phi) is 3.40. The van der Waals surface area contributed by atoms with Gasteiger partial charge in [-0.1, -0.05) is 0 Å². The number of nitrogens with two attached hydrogens (primary N) is 1. The summed E-state index contributed by atoms with van der Waals surface area (Å²) < 4.78 is 0. The van der Waals surface area contributed by atoms with Crippen molar-refractivity contribution in [3.05, 3.63) is 24.0 Å². The van der Waals surface area contributed by atoms with Crippen LogP contribution in [0.25, 0.3) is 0 Å². The average Bonchev–Trinajstić information content (AvgIpc) is 2.09. The van der Waals surface area contributed by atoms with Crippen LogP contribution in [0.5, 0.6) is 0 Å². The van der Waals surface area contributed by atoms with Gasteiger partial charge in [-0.05, 0) is 19.1 Å². The van der Waals surface area contributed by atoms with E-state index in [9.17, 15) is 4.79 Å². The van der Waals surface area contributed by atoms with Crippen molar-refractivity contribution in [1.29, 1.82) is 0 Å². The number of amides is 1. The molecule has 0 aliphatic heterocycles. The normalized spacial score (nSPS) is 9.69. The predicted octanol–water partition coefficient (Wildman–Crippen LogP) is 0.677. The van der Waals surface area contributed by atoms with Gasteiger partial charge in [-0.25, -0.2) is 0 Å². The molecular weight excluding hydrogens is 166 g/mol. The van der Waals surface area contributed by atoms with Crippen LogP contribution in [0.1, 0.15) is 12.1 Å². The monoisotopic (exact) mass is 179 g/mol. The summed E-state index contributed by atoms with van der Waals surface area (Å²) in [5.41, 5.74) is 6.87. The van der Waals surface area contributed by atoms with Crippen LogP contribution >= 0.6 is 0 Å². The van der Waals surface area contributed by atoms with Gasteiger partial charge in [-0.15, -0.1) is 0 Å². The largest absolute Gasteiger partial charge is 0.330 e. The van der Waals surface area contributed by atoms with Gasteiger partial charge in [0.15, 0.2) is 0 Å². The highest BCUT2D eigenvalue weighted by atomic mass is 16.1. The van der Waals surface area contributed by atoms with Crippen LogP contribution in [-0.4, -0.2) is 17.4 Å². The summed E-state index contributed by atoms with van der Waals surface area (Å²) >= 11 is 0. The smallest absolute Gasteiger partial charge is 0.225 e. The van der Waals surface area contributed by atoms with E-state index >= 15 is 0 Å². The number of carbonyl (C=O) groups is 1. The molecule has 1 rings (SSSR count). The van der Waals surface area contributed by atoms with Gasteiger partial charge >= 0.3 is 0 Å². The molecule has 1 heterocycles. The first-order valence-corrected chi connectivity index (χ1v) is 4.15. The fourth-order valence-corrected chi connectivity index (χ4v) is 0.896. The van der Waals surface area contributed by atoms with Crippen molar-refractivity contribution < 1.29 is 4.79 Å². The molecule has 0 saturated heterocycles. The summed E-state index contributed by atoms with van der Waals surface area (Å²) in [6.07, 6.45) is 1.97. The molecule has 0 saturated carbocycles. The molecule has 4 nitrogen and oxygen atoms in total. The van der Waals surface area contributed by atoms with Crippen molar-refractivity contribution in [3.8, 4) is 0 Å². The fourth-order valence-electron chi connectivity index (χ4n) is 0.896. The van der Waals surface area contributed by atoms with Gasteiger partial charge in [0.25, 0.3) is 0 Å². The Balaban J connectivity index is 2.54. The average molecular weight is 179 g/mol. The number of nitrogens with zero attached hydrogens (tertiary/aromatic N) is 1. The number of anilines is 1. The summed E-state index contributed by atoms with van der Waals surface area (Å²) in [6.45, 7) is 2.26. The van der Waals surface area contributed by atoms with Gasteiger partial charge in [0, 0.05) is 18.7 Å². The van der Waals surface area contributed by atoms with Crippen molar-refractivity contribution in [3.63, 3.8) is 0 Å². The summed E-state index contributed by atoms with van der Waals surface area (Å²) in [6, 6.07) is 3.66. The summed E-state index contributed by atoms with van der Waals surface area (Å²) in [7, 11) is 0. The van der Waals surface area contributed by atoms with Gasteiger partial charge in [0.2, 0.25) is 5.91 Å². The molecule has 1 amide bonds. The van der Waals surface area contributed by atoms with Crippen LogP contribution in [0.4, 0.5) is 5.69 Å². The first-order valence-electron chi connectivity index (χ1n) is 4.15. The third-order valence-corrected chi connectivity index (χ3v) is 1.57. The zero-order valence-electron chi connectivity index (χ0n) is 7.58. The van der Waals surface area contributed by atoms with Crippen LogP contribution in [0.15, 0.2) is 18.3 Å². The van der Waals surface area contributed by atoms with E-state index < -0.39 is 0 Å². The van der Waals surface area contributed by atoms with E-state index in [4.69, 9.17) is 5.73 Å². The van der Waals surface area contributed by atoms with Crippen LogP contribution in [-0.2, 0) is 4.79 Å². The molecule has 4 heteroatoms. The molecule has 0 bridgehead atoms. The van der Waals surface area contributed by atoms with Crippen molar-refractivity contribution in [2.45, 2.75) is 13.3 Å². The molecule has 13 heavy (non-hydrogen) atoms. The molecule has 0 aliphatic rings. The van der Waals surface area contributed by atoms with Gasteiger partial charge in [-0.2, -0.15) is 0 Å². The second kappa shape index (κ2) is 4.57. The lowest BCUT2D eigenvalue weighted by atomic mass is 10.3. The first-order chi connectivity index (χ1) is 6.22. The van der Waals surface area contributed by atoms with Gasteiger partial charge in [-0.3, -0.25) is 9.78 Å². The summed E-state index contributed by atoms with van der Waals surface area (Å²) in [5.74, 6) is -0.0758. The molecule has 3 N–H and O–H groups in total. The molecule has 70 valence electrons. The molecule has 0 aromatic carbocycles. The maximum atomic E-state index is 11.1.